The normalized spacial score (nSPS) is 16.4. The highest BCUT2D eigenvalue weighted by molar-refractivity contribution is 7.88. The fourth-order valence-corrected chi connectivity index (χ4v) is 6.08. The summed E-state index contributed by atoms with van der Waals surface area (Å²) < 4.78 is 32.7. The Morgan fingerprint density at radius 1 is 1.21 bits per heavy atom. The zero-order chi connectivity index (χ0) is 23.8. The number of nitrogens with zero attached hydrogens (tertiary/aromatic N) is 4. The van der Waals surface area contributed by atoms with Gasteiger partial charge in [0.2, 0.25) is 16.0 Å². The molecule has 0 amide bonds. The quantitative estimate of drug-likeness (QED) is 0.490. The number of fused-ring (bicyclic) bond motifs is 1. The topological polar surface area (TPSA) is 106 Å². The number of thiophene rings is 1. The largest absolute Gasteiger partial charge is 0.412 e. The van der Waals surface area contributed by atoms with Gasteiger partial charge in [0.05, 0.1) is 23.4 Å². The fraction of sp³-hybridized carbons (Fsp3) is 0.476. The second kappa shape index (κ2) is 9.26. The summed E-state index contributed by atoms with van der Waals surface area (Å²) in [5.74, 6) is 0.426. The lowest BCUT2D eigenvalue weighted by Gasteiger charge is -2.30. The summed E-state index contributed by atoms with van der Waals surface area (Å²) in [7, 11) is -4.89. The van der Waals surface area contributed by atoms with Gasteiger partial charge in [-0.05, 0) is 50.0 Å². The van der Waals surface area contributed by atoms with Gasteiger partial charge in [-0.1, -0.05) is 0 Å². The van der Waals surface area contributed by atoms with Gasteiger partial charge in [-0.15, -0.1) is 11.3 Å². The third-order valence-corrected chi connectivity index (χ3v) is 8.69. The number of nitrogens with one attached hydrogen (secondary N) is 1. The summed E-state index contributed by atoms with van der Waals surface area (Å²) in [6.45, 7) is 7.79. The van der Waals surface area contributed by atoms with E-state index >= 15 is 0 Å². The van der Waals surface area contributed by atoms with E-state index in [9.17, 15) is 13.2 Å². The van der Waals surface area contributed by atoms with Gasteiger partial charge in [-0.3, -0.25) is 9.36 Å². The standard InChI is InChI=1S/C21H29N5O4S2Si/c1-32(28,29)25-10-7-16(8-11-25)23-21-22-13-15-5-6-19(27)26(20(15)24-21)17-9-12-31-18(17)14-30-33(2,3)4/h5-6,9,12-13,16H,7-8,10-11,14H2,1-4H3,(H,22,23,24). The molecule has 0 saturated carbocycles. The number of rotatable bonds is 7. The van der Waals surface area contributed by atoms with Crippen molar-refractivity contribution in [3.05, 3.63) is 45.0 Å². The first kappa shape index (κ1) is 24.0. The molecule has 3 aromatic heterocycles. The van der Waals surface area contributed by atoms with Crippen LogP contribution in [0.25, 0.3) is 16.7 Å². The van der Waals surface area contributed by atoms with Crippen LogP contribution in [0.1, 0.15) is 17.7 Å². The predicted octanol–water partition coefficient (Wildman–Crippen LogP) is 3.03. The lowest BCUT2D eigenvalue weighted by Crippen LogP contribution is -2.42. The summed E-state index contributed by atoms with van der Waals surface area (Å²) in [5.41, 5.74) is 1.14. The Balaban J connectivity index is 1.62. The zero-order valence-corrected chi connectivity index (χ0v) is 21.9. The number of hydrogen-bond acceptors (Lipinski definition) is 8. The number of anilines is 1. The number of aromatic nitrogens is 3. The summed E-state index contributed by atoms with van der Waals surface area (Å²) >= 11 is 1.56. The fourth-order valence-electron chi connectivity index (χ4n) is 3.76. The van der Waals surface area contributed by atoms with E-state index in [1.165, 1.54) is 16.6 Å². The molecule has 4 rings (SSSR count). The van der Waals surface area contributed by atoms with Crippen LogP contribution in [0.2, 0.25) is 19.6 Å². The average Bonchev–Trinajstić information content (AvgIpc) is 3.19. The Kier molecular flexibility index (Phi) is 6.74. The van der Waals surface area contributed by atoms with Crippen LogP contribution in [-0.4, -0.2) is 61.0 Å². The number of hydrogen-bond donors (Lipinski definition) is 1. The van der Waals surface area contributed by atoms with Crippen molar-refractivity contribution in [1.29, 1.82) is 0 Å². The van der Waals surface area contributed by atoms with Crippen LogP contribution in [0.3, 0.4) is 0 Å². The monoisotopic (exact) mass is 507 g/mol. The predicted molar refractivity (Wildman–Crippen MR) is 134 cm³/mol. The molecule has 1 N–H and O–H groups in total. The van der Waals surface area contributed by atoms with Crippen LogP contribution in [0.5, 0.6) is 0 Å². The van der Waals surface area contributed by atoms with Crippen molar-refractivity contribution in [2.45, 2.75) is 45.1 Å². The Bertz CT molecular complexity index is 1310. The Morgan fingerprint density at radius 3 is 2.61 bits per heavy atom. The number of sulfonamides is 1. The SMILES string of the molecule is C[Si](C)(C)OCc1sccc1-n1c(=O)ccc2cnc(NC3CCN(S(C)(=O)=O)CC3)nc21. The summed E-state index contributed by atoms with van der Waals surface area (Å²) in [6.07, 6.45) is 4.27. The summed E-state index contributed by atoms with van der Waals surface area (Å²) in [5, 5.41) is 6.04. The van der Waals surface area contributed by atoms with Gasteiger partial charge in [0, 0.05) is 36.8 Å². The maximum atomic E-state index is 12.9. The van der Waals surface area contributed by atoms with E-state index in [0.29, 0.717) is 44.1 Å². The first-order valence-electron chi connectivity index (χ1n) is 10.8. The van der Waals surface area contributed by atoms with Crippen LogP contribution < -0.4 is 10.9 Å². The van der Waals surface area contributed by atoms with E-state index in [0.717, 1.165) is 16.0 Å². The van der Waals surface area contributed by atoms with Gasteiger partial charge < -0.3 is 9.74 Å². The maximum Gasteiger partial charge on any atom is 0.256 e. The highest BCUT2D eigenvalue weighted by Crippen LogP contribution is 2.25. The van der Waals surface area contributed by atoms with Gasteiger partial charge in [-0.2, -0.15) is 4.98 Å². The summed E-state index contributed by atoms with van der Waals surface area (Å²) in [6, 6.07) is 5.24. The van der Waals surface area contributed by atoms with E-state index < -0.39 is 18.3 Å². The first-order chi connectivity index (χ1) is 15.5. The molecule has 4 heterocycles. The van der Waals surface area contributed by atoms with E-state index in [2.05, 4.69) is 34.9 Å². The smallest absolute Gasteiger partial charge is 0.256 e. The average molecular weight is 508 g/mol. The van der Waals surface area contributed by atoms with Crippen molar-refractivity contribution in [2.24, 2.45) is 0 Å². The third kappa shape index (κ3) is 5.69. The molecule has 0 unspecified atom stereocenters. The molecule has 0 radical (unpaired) electrons. The second-order valence-corrected chi connectivity index (χ2v) is 16.7. The maximum absolute atomic E-state index is 12.9. The third-order valence-electron chi connectivity index (χ3n) is 5.49. The van der Waals surface area contributed by atoms with E-state index in [1.54, 1.807) is 28.2 Å². The number of piperidine rings is 1. The van der Waals surface area contributed by atoms with Crippen LogP contribution in [-0.2, 0) is 21.1 Å². The molecule has 0 aliphatic carbocycles. The van der Waals surface area contributed by atoms with Gasteiger partial charge >= 0.3 is 0 Å². The molecule has 0 aromatic carbocycles. The van der Waals surface area contributed by atoms with Crippen LogP contribution in [0.15, 0.2) is 34.6 Å². The molecule has 9 nitrogen and oxygen atoms in total. The van der Waals surface area contributed by atoms with Crippen molar-refractivity contribution in [1.82, 2.24) is 18.8 Å². The van der Waals surface area contributed by atoms with Gasteiger partial charge in [0.25, 0.3) is 5.56 Å². The van der Waals surface area contributed by atoms with Gasteiger partial charge in [0.1, 0.15) is 0 Å². The molecule has 1 aliphatic rings. The van der Waals surface area contributed by atoms with Gasteiger partial charge in [0.15, 0.2) is 14.0 Å². The van der Waals surface area contributed by atoms with Crippen molar-refractivity contribution < 1.29 is 12.8 Å². The van der Waals surface area contributed by atoms with Crippen LogP contribution >= 0.6 is 11.3 Å². The van der Waals surface area contributed by atoms with Crippen molar-refractivity contribution >= 4 is 46.7 Å². The highest BCUT2D eigenvalue weighted by atomic mass is 32.2. The molecule has 1 fully saturated rings. The molecule has 0 spiro atoms. The molecule has 0 bridgehead atoms. The Morgan fingerprint density at radius 2 is 1.94 bits per heavy atom. The van der Waals surface area contributed by atoms with E-state index in [1.807, 2.05) is 11.4 Å². The van der Waals surface area contributed by atoms with E-state index in [-0.39, 0.29) is 11.6 Å². The molecular formula is C21H29N5O4S2Si. The molecule has 12 heteroatoms. The Labute approximate surface area is 198 Å². The van der Waals surface area contributed by atoms with Crippen LogP contribution in [0, 0.1) is 0 Å². The molecule has 0 atom stereocenters. The molecule has 3 aromatic rings. The highest BCUT2D eigenvalue weighted by Gasteiger charge is 2.25. The second-order valence-electron chi connectivity index (χ2n) is 9.19. The van der Waals surface area contributed by atoms with E-state index in [4.69, 9.17) is 4.43 Å². The molecule has 1 aliphatic heterocycles. The molecule has 1 saturated heterocycles. The minimum atomic E-state index is -3.18. The first-order valence-corrected chi connectivity index (χ1v) is 17.0. The Hall–Kier alpha value is -2.12. The van der Waals surface area contributed by atoms with Gasteiger partial charge in [-0.25, -0.2) is 17.7 Å². The minimum Gasteiger partial charge on any atom is -0.412 e. The van der Waals surface area contributed by atoms with Crippen molar-refractivity contribution in [2.75, 3.05) is 24.7 Å². The molecular weight excluding hydrogens is 478 g/mol. The molecule has 178 valence electrons. The number of pyridine rings is 1. The van der Waals surface area contributed by atoms with Crippen molar-refractivity contribution in [3.8, 4) is 5.69 Å². The van der Waals surface area contributed by atoms with Crippen LogP contribution in [0.4, 0.5) is 5.95 Å². The zero-order valence-electron chi connectivity index (χ0n) is 19.2. The molecule has 33 heavy (non-hydrogen) atoms. The minimum absolute atomic E-state index is 0.0613. The summed E-state index contributed by atoms with van der Waals surface area (Å²) in [4.78, 5) is 23.0. The lowest BCUT2D eigenvalue weighted by molar-refractivity contribution is 0.303. The lowest BCUT2D eigenvalue weighted by atomic mass is 10.1. The van der Waals surface area contributed by atoms with Crippen molar-refractivity contribution in [3.63, 3.8) is 0 Å².